The number of para-hydroxylation sites is 1. The molecular formula is C13H14N2O5S. The van der Waals surface area contributed by atoms with Crippen LogP contribution in [0.3, 0.4) is 0 Å². The fourth-order valence-electron chi connectivity index (χ4n) is 1.99. The molecule has 21 heavy (non-hydrogen) atoms. The Morgan fingerprint density at radius 1 is 1.29 bits per heavy atom. The summed E-state index contributed by atoms with van der Waals surface area (Å²) in [5.74, 6) is -1.13. The van der Waals surface area contributed by atoms with Crippen LogP contribution in [0.5, 0.6) is 0 Å². The Hall–Kier alpha value is -2.35. The van der Waals surface area contributed by atoms with Gasteiger partial charge in [-0.25, -0.2) is 8.42 Å². The molecule has 7 nitrogen and oxygen atoms in total. The van der Waals surface area contributed by atoms with Crippen LogP contribution < -0.4 is 4.31 Å². The summed E-state index contributed by atoms with van der Waals surface area (Å²) in [6.07, 6.45) is 0. The number of sulfonamides is 1. The molecule has 1 aromatic heterocycles. The van der Waals surface area contributed by atoms with E-state index in [0.717, 1.165) is 4.31 Å². The number of benzene rings is 1. The molecule has 0 radical (unpaired) electrons. The topological polar surface area (TPSA) is 101 Å². The predicted molar refractivity (Wildman–Crippen MR) is 74.6 cm³/mol. The zero-order valence-corrected chi connectivity index (χ0v) is 12.3. The van der Waals surface area contributed by atoms with Crippen LogP contribution in [0, 0.1) is 13.8 Å². The Balaban J connectivity index is 2.58. The number of carboxylic acid groups (broad SMARTS) is 1. The molecule has 0 unspecified atom stereocenters. The van der Waals surface area contributed by atoms with E-state index in [4.69, 9.17) is 9.63 Å². The van der Waals surface area contributed by atoms with Crippen molar-refractivity contribution in [3.8, 4) is 0 Å². The van der Waals surface area contributed by atoms with Crippen LogP contribution in [0.2, 0.25) is 0 Å². The van der Waals surface area contributed by atoms with Crippen LogP contribution in [0.4, 0.5) is 5.69 Å². The van der Waals surface area contributed by atoms with Crippen LogP contribution in [-0.2, 0) is 14.8 Å². The summed E-state index contributed by atoms with van der Waals surface area (Å²) in [6, 6.07) is 8.03. The van der Waals surface area contributed by atoms with Gasteiger partial charge < -0.3 is 9.63 Å². The highest BCUT2D eigenvalue weighted by Crippen LogP contribution is 2.27. The van der Waals surface area contributed by atoms with E-state index >= 15 is 0 Å². The molecule has 0 saturated heterocycles. The lowest BCUT2D eigenvalue weighted by atomic mass is 10.3. The molecule has 2 rings (SSSR count). The minimum Gasteiger partial charge on any atom is -0.480 e. The molecule has 0 saturated carbocycles. The number of nitrogens with zero attached hydrogens (tertiary/aromatic N) is 2. The number of carboxylic acids is 1. The van der Waals surface area contributed by atoms with Gasteiger partial charge in [0.2, 0.25) is 0 Å². The van der Waals surface area contributed by atoms with Crippen molar-refractivity contribution in [3.05, 3.63) is 41.8 Å². The van der Waals surface area contributed by atoms with Crippen molar-refractivity contribution in [1.29, 1.82) is 0 Å². The Kier molecular flexibility index (Phi) is 3.99. The highest BCUT2D eigenvalue weighted by molar-refractivity contribution is 7.93. The van der Waals surface area contributed by atoms with Crippen molar-refractivity contribution in [3.63, 3.8) is 0 Å². The maximum absolute atomic E-state index is 12.7. The quantitative estimate of drug-likeness (QED) is 0.899. The van der Waals surface area contributed by atoms with Gasteiger partial charge in [-0.3, -0.25) is 9.10 Å². The van der Waals surface area contributed by atoms with Crippen LogP contribution >= 0.6 is 0 Å². The Bertz CT molecular complexity index is 733. The average molecular weight is 310 g/mol. The predicted octanol–water partition coefficient (Wildman–Crippen LogP) is 1.57. The average Bonchev–Trinajstić information content (AvgIpc) is 2.76. The third-order valence-electron chi connectivity index (χ3n) is 2.84. The molecule has 1 heterocycles. The molecule has 0 aliphatic rings. The third-order valence-corrected chi connectivity index (χ3v) is 4.86. The van der Waals surface area contributed by atoms with E-state index in [9.17, 15) is 13.2 Å². The fourth-order valence-corrected chi connectivity index (χ4v) is 3.70. The summed E-state index contributed by atoms with van der Waals surface area (Å²) in [5, 5.41) is 12.6. The minimum absolute atomic E-state index is 0.104. The van der Waals surface area contributed by atoms with Crippen molar-refractivity contribution < 1.29 is 22.8 Å². The van der Waals surface area contributed by atoms with Gasteiger partial charge in [0.25, 0.3) is 10.0 Å². The summed E-state index contributed by atoms with van der Waals surface area (Å²) in [6.45, 7) is 2.28. The second kappa shape index (κ2) is 5.57. The molecule has 112 valence electrons. The molecule has 0 spiro atoms. The summed E-state index contributed by atoms with van der Waals surface area (Å²) in [7, 11) is -4.07. The third kappa shape index (κ3) is 2.89. The highest BCUT2D eigenvalue weighted by Gasteiger charge is 2.32. The first-order chi connectivity index (χ1) is 9.84. The van der Waals surface area contributed by atoms with E-state index in [1.165, 1.54) is 26.0 Å². The van der Waals surface area contributed by atoms with Gasteiger partial charge in [0, 0.05) is 0 Å². The number of aromatic nitrogens is 1. The molecule has 0 bridgehead atoms. The van der Waals surface area contributed by atoms with Gasteiger partial charge in [-0.15, -0.1) is 0 Å². The molecule has 1 N–H and O–H groups in total. The number of hydrogen-bond acceptors (Lipinski definition) is 5. The molecule has 0 aliphatic heterocycles. The molecule has 0 atom stereocenters. The van der Waals surface area contributed by atoms with E-state index in [0.29, 0.717) is 0 Å². The van der Waals surface area contributed by atoms with Gasteiger partial charge >= 0.3 is 5.97 Å². The zero-order valence-electron chi connectivity index (χ0n) is 11.5. The second-order valence-electron chi connectivity index (χ2n) is 4.39. The number of hydrogen-bond donors (Lipinski definition) is 1. The lowest BCUT2D eigenvalue weighted by molar-refractivity contribution is -0.135. The number of anilines is 1. The monoisotopic (exact) mass is 310 g/mol. The molecule has 0 aliphatic carbocycles. The van der Waals surface area contributed by atoms with Crippen molar-refractivity contribution in [1.82, 2.24) is 5.16 Å². The van der Waals surface area contributed by atoms with Crippen LogP contribution in [-0.4, -0.2) is 31.2 Å². The van der Waals surface area contributed by atoms with E-state index in [1.807, 2.05) is 0 Å². The SMILES string of the molecule is Cc1noc(C)c1S(=O)(=O)N(CC(=O)O)c1ccccc1. The Morgan fingerprint density at radius 3 is 2.38 bits per heavy atom. The molecule has 0 fully saturated rings. The molecule has 0 amide bonds. The minimum atomic E-state index is -4.07. The first-order valence-electron chi connectivity index (χ1n) is 6.06. The number of aliphatic carboxylic acids is 1. The lowest BCUT2D eigenvalue weighted by Crippen LogP contribution is -2.36. The normalized spacial score (nSPS) is 11.3. The first kappa shape index (κ1) is 15.0. The highest BCUT2D eigenvalue weighted by atomic mass is 32.2. The first-order valence-corrected chi connectivity index (χ1v) is 7.50. The fraction of sp³-hybridized carbons (Fsp3) is 0.231. The number of rotatable bonds is 5. The van der Waals surface area contributed by atoms with Gasteiger partial charge in [-0.05, 0) is 26.0 Å². The van der Waals surface area contributed by atoms with Gasteiger partial charge in [-0.2, -0.15) is 0 Å². The molecule has 1 aromatic carbocycles. The van der Waals surface area contributed by atoms with E-state index in [2.05, 4.69) is 5.16 Å². The zero-order chi connectivity index (χ0) is 15.6. The number of carbonyl (C=O) groups is 1. The summed E-state index contributed by atoms with van der Waals surface area (Å²) < 4.78 is 31.2. The van der Waals surface area contributed by atoms with Gasteiger partial charge in [0.1, 0.15) is 12.2 Å². The maximum Gasteiger partial charge on any atom is 0.324 e. The Labute approximate surface area is 121 Å². The second-order valence-corrected chi connectivity index (χ2v) is 6.19. The van der Waals surface area contributed by atoms with Gasteiger partial charge in [0.05, 0.1) is 5.69 Å². The maximum atomic E-state index is 12.7. The summed E-state index contributed by atoms with van der Waals surface area (Å²) in [5.41, 5.74) is 0.457. The van der Waals surface area contributed by atoms with Gasteiger partial charge in [-0.1, -0.05) is 23.4 Å². The summed E-state index contributed by atoms with van der Waals surface area (Å²) in [4.78, 5) is 10.9. The lowest BCUT2D eigenvalue weighted by Gasteiger charge is -2.22. The van der Waals surface area contributed by atoms with Crippen molar-refractivity contribution >= 4 is 21.7 Å². The molecule has 2 aromatic rings. The standard InChI is InChI=1S/C13H14N2O5S/c1-9-13(10(2)20-14-9)21(18,19)15(8-12(16)17)11-6-4-3-5-7-11/h3-7H,8H2,1-2H3,(H,16,17). The van der Waals surface area contributed by atoms with E-state index < -0.39 is 22.5 Å². The van der Waals surface area contributed by atoms with Crippen LogP contribution in [0.1, 0.15) is 11.5 Å². The Morgan fingerprint density at radius 2 is 1.90 bits per heavy atom. The van der Waals surface area contributed by atoms with E-state index in [-0.39, 0.29) is 22.0 Å². The van der Waals surface area contributed by atoms with Gasteiger partial charge in [0.15, 0.2) is 10.7 Å². The van der Waals surface area contributed by atoms with E-state index in [1.54, 1.807) is 18.2 Å². The number of aryl methyl sites for hydroxylation is 2. The van der Waals surface area contributed by atoms with Crippen molar-refractivity contribution in [2.45, 2.75) is 18.7 Å². The molecule has 8 heteroatoms. The van der Waals surface area contributed by atoms with Crippen molar-refractivity contribution in [2.75, 3.05) is 10.8 Å². The smallest absolute Gasteiger partial charge is 0.324 e. The van der Waals surface area contributed by atoms with Crippen molar-refractivity contribution in [2.24, 2.45) is 0 Å². The summed E-state index contributed by atoms with van der Waals surface area (Å²) >= 11 is 0. The molecular weight excluding hydrogens is 296 g/mol. The van der Waals surface area contributed by atoms with Crippen LogP contribution in [0.25, 0.3) is 0 Å². The van der Waals surface area contributed by atoms with Crippen LogP contribution in [0.15, 0.2) is 39.8 Å². The largest absolute Gasteiger partial charge is 0.480 e.